The number of carbonyl (C=O) groups excluding carboxylic acids is 1. The molecule has 0 aliphatic carbocycles. The summed E-state index contributed by atoms with van der Waals surface area (Å²) in [6, 6.07) is 5.03. The predicted molar refractivity (Wildman–Crippen MR) is 122 cm³/mol. The van der Waals surface area contributed by atoms with Gasteiger partial charge < -0.3 is 40.0 Å². The maximum atomic E-state index is 12.1. The Kier molecular flexibility index (Phi) is 11.1. The first-order valence-electron chi connectivity index (χ1n) is 11.3. The molecule has 0 aromatic heterocycles. The summed E-state index contributed by atoms with van der Waals surface area (Å²) in [5.74, 6) is 1.10. The molecule has 33 heavy (non-hydrogen) atoms. The van der Waals surface area contributed by atoms with Crippen LogP contribution in [0.3, 0.4) is 0 Å². The lowest BCUT2D eigenvalue weighted by Gasteiger charge is -2.39. The summed E-state index contributed by atoms with van der Waals surface area (Å²) in [7, 11) is 1.45. The molecule has 1 saturated heterocycles. The second kappa shape index (κ2) is 13.5. The quantitative estimate of drug-likeness (QED) is 0.229. The highest BCUT2D eigenvalue weighted by Gasteiger charge is 2.44. The molecular weight excluding hydrogens is 430 g/mol. The van der Waals surface area contributed by atoms with Gasteiger partial charge in [-0.25, -0.2) is 0 Å². The van der Waals surface area contributed by atoms with Crippen LogP contribution in [0.25, 0.3) is 0 Å². The SMILES string of the molecule is COc1cc(CNC(=O)CCCC/C=C/C(C)C)ccc1OC1OC(CO)C(O)C(O)C1O. The first kappa shape index (κ1) is 27.1. The highest BCUT2D eigenvalue weighted by Crippen LogP contribution is 2.32. The molecule has 1 amide bonds. The Balaban J connectivity index is 1.87. The van der Waals surface area contributed by atoms with Crippen LogP contribution >= 0.6 is 0 Å². The smallest absolute Gasteiger partial charge is 0.229 e. The molecule has 5 N–H and O–H groups in total. The second-order valence-electron chi connectivity index (χ2n) is 8.50. The van der Waals surface area contributed by atoms with Crippen LogP contribution in [0.15, 0.2) is 30.4 Å². The summed E-state index contributed by atoms with van der Waals surface area (Å²) < 4.78 is 16.4. The van der Waals surface area contributed by atoms with E-state index in [0.717, 1.165) is 24.8 Å². The number of amides is 1. The van der Waals surface area contributed by atoms with Crippen molar-refractivity contribution in [3.05, 3.63) is 35.9 Å². The fraction of sp³-hybridized carbons (Fsp3) is 0.625. The van der Waals surface area contributed by atoms with Crippen molar-refractivity contribution in [2.75, 3.05) is 13.7 Å². The summed E-state index contributed by atoms with van der Waals surface area (Å²) >= 11 is 0. The van der Waals surface area contributed by atoms with Gasteiger partial charge in [0.05, 0.1) is 13.7 Å². The Morgan fingerprint density at radius 2 is 1.91 bits per heavy atom. The van der Waals surface area contributed by atoms with Gasteiger partial charge in [-0.2, -0.15) is 0 Å². The van der Waals surface area contributed by atoms with Crippen molar-refractivity contribution in [1.82, 2.24) is 5.32 Å². The lowest BCUT2D eigenvalue weighted by Crippen LogP contribution is -2.60. The molecule has 5 unspecified atom stereocenters. The first-order valence-corrected chi connectivity index (χ1v) is 11.3. The van der Waals surface area contributed by atoms with Gasteiger partial charge in [0.25, 0.3) is 0 Å². The van der Waals surface area contributed by atoms with Gasteiger partial charge >= 0.3 is 0 Å². The van der Waals surface area contributed by atoms with Crippen molar-refractivity contribution in [3.8, 4) is 11.5 Å². The summed E-state index contributed by atoms with van der Waals surface area (Å²) in [5.41, 5.74) is 0.793. The number of ether oxygens (including phenoxy) is 3. The molecule has 186 valence electrons. The van der Waals surface area contributed by atoms with E-state index in [-0.39, 0.29) is 11.7 Å². The Labute approximate surface area is 195 Å². The Morgan fingerprint density at radius 3 is 2.58 bits per heavy atom. The van der Waals surface area contributed by atoms with E-state index in [1.165, 1.54) is 7.11 Å². The normalized spacial score (nSPS) is 25.4. The van der Waals surface area contributed by atoms with E-state index in [0.29, 0.717) is 24.6 Å². The van der Waals surface area contributed by atoms with Gasteiger partial charge in [-0.05, 0) is 42.9 Å². The topological polar surface area (TPSA) is 138 Å². The number of hydrogen-bond acceptors (Lipinski definition) is 8. The molecule has 1 fully saturated rings. The zero-order chi connectivity index (χ0) is 24.4. The Morgan fingerprint density at radius 1 is 1.15 bits per heavy atom. The zero-order valence-electron chi connectivity index (χ0n) is 19.5. The van der Waals surface area contributed by atoms with Crippen LogP contribution in [0.1, 0.15) is 45.1 Å². The number of rotatable bonds is 12. The van der Waals surface area contributed by atoms with Gasteiger partial charge in [0.2, 0.25) is 12.2 Å². The minimum Gasteiger partial charge on any atom is -0.493 e. The molecule has 9 heteroatoms. The van der Waals surface area contributed by atoms with E-state index in [2.05, 4.69) is 31.3 Å². The summed E-state index contributed by atoms with van der Waals surface area (Å²) in [5, 5.41) is 42.1. The number of unbranched alkanes of at least 4 members (excludes halogenated alkanes) is 2. The van der Waals surface area contributed by atoms with Gasteiger partial charge in [0.15, 0.2) is 11.5 Å². The standard InChI is InChI=1S/C24H37NO8/c1-15(2)8-6-4-5-7-9-20(27)25-13-16-10-11-17(18(12-16)31-3)32-24-23(30)22(29)21(28)19(14-26)33-24/h6,8,10-12,15,19,21-24,26,28-30H,4-5,7,9,13-14H2,1-3H3,(H,25,27)/b8-6+. The minimum atomic E-state index is -1.53. The first-order chi connectivity index (χ1) is 15.8. The fourth-order valence-electron chi connectivity index (χ4n) is 3.41. The number of benzene rings is 1. The second-order valence-corrected chi connectivity index (χ2v) is 8.50. The van der Waals surface area contributed by atoms with Gasteiger partial charge in [0, 0.05) is 13.0 Å². The number of allylic oxidation sites excluding steroid dienone is 2. The summed E-state index contributed by atoms with van der Waals surface area (Å²) in [4.78, 5) is 12.1. The van der Waals surface area contributed by atoms with E-state index < -0.39 is 37.3 Å². The van der Waals surface area contributed by atoms with E-state index in [9.17, 15) is 25.2 Å². The maximum Gasteiger partial charge on any atom is 0.229 e. The third-order valence-electron chi connectivity index (χ3n) is 5.35. The van der Waals surface area contributed by atoms with Crippen molar-refractivity contribution in [1.29, 1.82) is 0 Å². The fourth-order valence-corrected chi connectivity index (χ4v) is 3.41. The molecule has 0 saturated carbocycles. The van der Waals surface area contributed by atoms with Crippen molar-refractivity contribution in [3.63, 3.8) is 0 Å². The molecule has 1 heterocycles. The zero-order valence-corrected chi connectivity index (χ0v) is 19.5. The van der Waals surface area contributed by atoms with Gasteiger partial charge in [-0.3, -0.25) is 4.79 Å². The average molecular weight is 468 g/mol. The van der Waals surface area contributed by atoms with E-state index >= 15 is 0 Å². The lowest BCUT2D eigenvalue weighted by atomic mass is 9.99. The number of nitrogens with one attached hydrogen (secondary N) is 1. The van der Waals surface area contributed by atoms with Crippen LogP contribution in [-0.2, 0) is 16.1 Å². The van der Waals surface area contributed by atoms with Crippen molar-refractivity contribution in [2.24, 2.45) is 5.92 Å². The molecule has 1 aromatic rings. The van der Waals surface area contributed by atoms with Gasteiger partial charge in [-0.15, -0.1) is 0 Å². The van der Waals surface area contributed by atoms with Crippen LogP contribution in [-0.4, -0.2) is 70.8 Å². The average Bonchev–Trinajstić information content (AvgIpc) is 2.80. The van der Waals surface area contributed by atoms with Gasteiger partial charge in [0.1, 0.15) is 24.4 Å². The van der Waals surface area contributed by atoms with Crippen molar-refractivity contribution < 1.29 is 39.4 Å². The number of aliphatic hydroxyl groups is 4. The van der Waals surface area contributed by atoms with E-state index in [1.807, 2.05) is 0 Å². The monoisotopic (exact) mass is 467 g/mol. The molecule has 0 bridgehead atoms. The van der Waals surface area contributed by atoms with E-state index in [1.54, 1.807) is 18.2 Å². The molecule has 0 radical (unpaired) electrons. The van der Waals surface area contributed by atoms with Crippen molar-refractivity contribution >= 4 is 5.91 Å². The summed E-state index contributed by atoms with van der Waals surface area (Å²) in [6.07, 6.45) is 0.646. The van der Waals surface area contributed by atoms with Crippen LogP contribution in [0.2, 0.25) is 0 Å². The molecule has 2 rings (SSSR count). The van der Waals surface area contributed by atoms with Crippen LogP contribution in [0.4, 0.5) is 0 Å². The molecule has 1 aliphatic rings. The number of carbonyl (C=O) groups is 1. The number of aliphatic hydroxyl groups excluding tert-OH is 4. The van der Waals surface area contributed by atoms with Crippen LogP contribution in [0.5, 0.6) is 11.5 Å². The Hall–Kier alpha value is -2.17. The molecular formula is C24H37NO8. The number of hydrogen-bond donors (Lipinski definition) is 5. The van der Waals surface area contributed by atoms with Crippen molar-refractivity contribution in [2.45, 2.75) is 76.8 Å². The highest BCUT2D eigenvalue weighted by molar-refractivity contribution is 5.75. The molecule has 5 atom stereocenters. The molecule has 1 aliphatic heterocycles. The lowest BCUT2D eigenvalue weighted by molar-refractivity contribution is -0.277. The highest BCUT2D eigenvalue weighted by atomic mass is 16.7. The predicted octanol–water partition coefficient (Wildman–Crippen LogP) is 1.26. The molecule has 1 aromatic carbocycles. The molecule has 9 nitrogen and oxygen atoms in total. The van der Waals surface area contributed by atoms with Crippen LogP contribution < -0.4 is 14.8 Å². The third-order valence-corrected chi connectivity index (χ3v) is 5.35. The van der Waals surface area contributed by atoms with Crippen LogP contribution in [0, 0.1) is 5.92 Å². The maximum absolute atomic E-state index is 12.1. The Bertz CT molecular complexity index is 767. The summed E-state index contributed by atoms with van der Waals surface area (Å²) in [6.45, 7) is 4.04. The minimum absolute atomic E-state index is 0.0246. The third kappa shape index (κ3) is 8.28. The molecule has 0 spiro atoms. The number of methoxy groups -OCH3 is 1. The van der Waals surface area contributed by atoms with E-state index in [4.69, 9.17) is 14.2 Å². The van der Waals surface area contributed by atoms with Gasteiger partial charge in [-0.1, -0.05) is 32.1 Å². The largest absolute Gasteiger partial charge is 0.493 e.